The molecule has 0 radical (unpaired) electrons. The average Bonchev–Trinajstić information content (AvgIpc) is 2.18. The average molecular weight is 212 g/mol. The number of hydrogen-bond donors (Lipinski definition) is 1. The fraction of sp³-hybridized carbons (Fsp3) is 1.00. The van der Waals surface area contributed by atoms with Gasteiger partial charge in [-0.3, -0.25) is 4.90 Å². The second-order valence-corrected chi connectivity index (χ2v) is 5.96. The maximum absolute atomic E-state index is 5.63. The summed E-state index contributed by atoms with van der Waals surface area (Å²) in [7, 11) is 0. The van der Waals surface area contributed by atoms with Gasteiger partial charge < -0.3 is 10.1 Å². The van der Waals surface area contributed by atoms with E-state index in [9.17, 15) is 0 Å². The van der Waals surface area contributed by atoms with Gasteiger partial charge in [0.15, 0.2) is 0 Å². The fourth-order valence-electron chi connectivity index (χ4n) is 2.65. The summed E-state index contributed by atoms with van der Waals surface area (Å²) in [6, 6.07) is 0. The van der Waals surface area contributed by atoms with Gasteiger partial charge in [0.25, 0.3) is 0 Å². The number of nitrogens with zero attached hydrogens (tertiary/aromatic N) is 1. The lowest BCUT2D eigenvalue weighted by molar-refractivity contribution is -0.0326. The molecular formula is C12H24N2O. The van der Waals surface area contributed by atoms with Gasteiger partial charge in [0.2, 0.25) is 0 Å². The first-order valence-electron chi connectivity index (χ1n) is 6.10. The Morgan fingerprint density at radius 1 is 1.33 bits per heavy atom. The number of nitrogens with one attached hydrogen (secondary N) is 1. The summed E-state index contributed by atoms with van der Waals surface area (Å²) in [6.07, 6.45) is 2.46. The first kappa shape index (κ1) is 11.4. The first-order valence-corrected chi connectivity index (χ1v) is 6.10. The van der Waals surface area contributed by atoms with Crippen LogP contribution >= 0.6 is 0 Å². The summed E-state index contributed by atoms with van der Waals surface area (Å²) in [5.74, 6) is 0. The van der Waals surface area contributed by atoms with Crippen molar-refractivity contribution < 1.29 is 4.74 Å². The summed E-state index contributed by atoms with van der Waals surface area (Å²) in [5.41, 5.74) is 0.524. The predicted octanol–water partition coefficient (Wildman–Crippen LogP) is 1.24. The third-order valence-corrected chi connectivity index (χ3v) is 3.65. The highest BCUT2D eigenvalue weighted by Crippen LogP contribution is 2.26. The van der Waals surface area contributed by atoms with Gasteiger partial charge in [0.1, 0.15) is 0 Å². The second-order valence-electron chi connectivity index (χ2n) is 5.96. The van der Waals surface area contributed by atoms with Crippen LogP contribution in [0.4, 0.5) is 0 Å². The van der Waals surface area contributed by atoms with Crippen molar-refractivity contribution >= 4 is 0 Å². The molecule has 1 unspecified atom stereocenters. The van der Waals surface area contributed by atoms with Gasteiger partial charge in [-0.2, -0.15) is 0 Å². The lowest BCUT2D eigenvalue weighted by Gasteiger charge is -2.50. The maximum Gasteiger partial charge on any atom is 0.0660 e. The van der Waals surface area contributed by atoms with Crippen LogP contribution in [0, 0.1) is 0 Å². The molecule has 88 valence electrons. The van der Waals surface area contributed by atoms with E-state index in [2.05, 4.69) is 31.0 Å². The third kappa shape index (κ3) is 2.52. The van der Waals surface area contributed by atoms with Gasteiger partial charge in [-0.25, -0.2) is 0 Å². The molecule has 2 heterocycles. The summed E-state index contributed by atoms with van der Waals surface area (Å²) in [6.45, 7) is 12.1. The summed E-state index contributed by atoms with van der Waals surface area (Å²) in [4.78, 5) is 2.58. The Morgan fingerprint density at radius 2 is 2.13 bits per heavy atom. The Morgan fingerprint density at radius 3 is 2.73 bits per heavy atom. The lowest BCUT2D eigenvalue weighted by atomic mass is 9.88. The SMILES string of the molecule is CC(C)(C)N1CCNC2(CCCOC2)C1. The molecule has 0 saturated carbocycles. The molecule has 1 atom stereocenters. The van der Waals surface area contributed by atoms with E-state index in [1.165, 1.54) is 12.8 Å². The minimum atomic E-state index is 0.240. The molecule has 15 heavy (non-hydrogen) atoms. The van der Waals surface area contributed by atoms with Crippen molar-refractivity contribution in [1.29, 1.82) is 0 Å². The Balaban J connectivity index is 2.02. The lowest BCUT2D eigenvalue weighted by Crippen LogP contribution is -2.66. The monoisotopic (exact) mass is 212 g/mol. The molecule has 2 aliphatic rings. The van der Waals surface area contributed by atoms with Crippen molar-refractivity contribution in [3.05, 3.63) is 0 Å². The first-order chi connectivity index (χ1) is 7.02. The third-order valence-electron chi connectivity index (χ3n) is 3.65. The second kappa shape index (κ2) is 4.04. The molecule has 1 spiro atoms. The molecule has 3 heteroatoms. The molecule has 2 rings (SSSR count). The minimum Gasteiger partial charge on any atom is -0.379 e. The number of piperazine rings is 1. The maximum atomic E-state index is 5.63. The Labute approximate surface area is 93.2 Å². The Bertz CT molecular complexity index is 211. The van der Waals surface area contributed by atoms with Crippen molar-refractivity contribution in [2.24, 2.45) is 0 Å². The summed E-state index contributed by atoms with van der Waals surface area (Å²) in [5, 5.41) is 3.67. The van der Waals surface area contributed by atoms with Gasteiger partial charge in [-0.1, -0.05) is 0 Å². The molecule has 3 nitrogen and oxygen atoms in total. The van der Waals surface area contributed by atoms with Crippen LogP contribution in [-0.2, 0) is 4.74 Å². The van der Waals surface area contributed by atoms with Crippen molar-refractivity contribution in [1.82, 2.24) is 10.2 Å². The Kier molecular flexibility index (Phi) is 3.06. The van der Waals surface area contributed by atoms with E-state index in [1.54, 1.807) is 0 Å². The van der Waals surface area contributed by atoms with Crippen molar-refractivity contribution in [3.63, 3.8) is 0 Å². The molecule has 0 amide bonds. The van der Waals surface area contributed by atoms with E-state index in [1.807, 2.05) is 0 Å². The zero-order valence-corrected chi connectivity index (χ0v) is 10.3. The van der Waals surface area contributed by atoms with Gasteiger partial charge in [0.05, 0.1) is 12.1 Å². The molecule has 0 aromatic rings. The molecule has 2 aliphatic heterocycles. The van der Waals surface area contributed by atoms with E-state index in [0.717, 1.165) is 32.8 Å². The van der Waals surface area contributed by atoms with Crippen LogP contribution in [0.2, 0.25) is 0 Å². The predicted molar refractivity (Wildman–Crippen MR) is 62.1 cm³/mol. The van der Waals surface area contributed by atoms with Crippen molar-refractivity contribution in [2.45, 2.75) is 44.7 Å². The van der Waals surface area contributed by atoms with E-state index >= 15 is 0 Å². The quantitative estimate of drug-likeness (QED) is 0.654. The number of rotatable bonds is 0. The van der Waals surface area contributed by atoms with Crippen LogP contribution in [0.3, 0.4) is 0 Å². The van der Waals surface area contributed by atoms with Gasteiger partial charge in [0, 0.05) is 31.8 Å². The smallest absolute Gasteiger partial charge is 0.0660 e. The molecule has 0 aromatic carbocycles. The molecule has 0 aromatic heterocycles. The van der Waals surface area contributed by atoms with E-state index < -0.39 is 0 Å². The van der Waals surface area contributed by atoms with Gasteiger partial charge >= 0.3 is 0 Å². The molecule has 2 fully saturated rings. The zero-order valence-electron chi connectivity index (χ0n) is 10.3. The standard InChI is InChI=1S/C12H24N2O/c1-11(2,3)14-7-6-13-12(9-14)5-4-8-15-10-12/h13H,4-10H2,1-3H3. The summed E-state index contributed by atoms with van der Waals surface area (Å²) >= 11 is 0. The molecule has 2 saturated heterocycles. The summed E-state index contributed by atoms with van der Waals surface area (Å²) < 4.78 is 5.63. The zero-order chi connectivity index (χ0) is 10.9. The van der Waals surface area contributed by atoms with Crippen LogP contribution in [0.25, 0.3) is 0 Å². The van der Waals surface area contributed by atoms with Crippen molar-refractivity contribution in [2.75, 3.05) is 32.8 Å². The normalized spacial score (nSPS) is 34.6. The Hall–Kier alpha value is -0.120. The fourth-order valence-corrected chi connectivity index (χ4v) is 2.65. The number of ether oxygens (including phenoxy) is 1. The van der Waals surface area contributed by atoms with E-state index in [0.29, 0.717) is 0 Å². The van der Waals surface area contributed by atoms with Crippen LogP contribution in [0.5, 0.6) is 0 Å². The highest BCUT2D eigenvalue weighted by atomic mass is 16.5. The molecule has 0 bridgehead atoms. The highest BCUT2D eigenvalue weighted by Gasteiger charge is 2.39. The van der Waals surface area contributed by atoms with Gasteiger partial charge in [-0.05, 0) is 33.6 Å². The topological polar surface area (TPSA) is 24.5 Å². The number of hydrogen-bond acceptors (Lipinski definition) is 3. The highest BCUT2D eigenvalue weighted by molar-refractivity contribution is 4.98. The van der Waals surface area contributed by atoms with Crippen LogP contribution < -0.4 is 5.32 Å². The largest absolute Gasteiger partial charge is 0.379 e. The minimum absolute atomic E-state index is 0.240. The van der Waals surface area contributed by atoms with Gasteiger partial charge in [-0.15, -0.1) is 0 Å². The van der Waals surface area contributed by atoms with E-state index in [-0.39, 0.29) is 11.1 Å². The van der Waals surface area contributed by atoms with Crippen LogP contribution in [-0.4, -0.2) is 48.8 Å². The van der Waals surface area contributed by atoms with Crippen LogP contribution in [0.1, 0.15) is 33.6 Å². The van der Waals surface area contributed by atoms with Crippen LogP contribution in [0.15, 0.2) is 0 Å². The molecule has 0 aliphatic carbocycles. The molecular weight excluding hydrogens is 188 g/mol. The van der Waals surface area contributed by atoms with E-state index in [4.69, 9.17) is 4.74 Å². The molecule has 1 N–H and O–H groups in total. The van der Waals surface area contributed by atoms with Crippen molar-refractivity contribution in [3.8, 4) is 0 Å².